The Morgan fingerprint density at radius 3 is 2.60 bits per heavy atom. The lowest BCUT2D eigenvalue weighted by Gasteiger charge is -2.10. The number of hydrogen-bond donors (Lipinski definition) is 0. The third kappa shape index (κ3) is 2.29. The Bertz CT molecular complexity index is 380. The minimum absolute atomic E-state index is 0.0401. The van der Waals surface area contributed by atoms with Gasteiger partial charge in [0, 0.05) is 5.56 Å². The average molecular weight is 206 g/mol. The van der Waals surface area contributed by atoms with Crippen LogP contribution in [0.3, 0.4) is 0 Å². The van der Waals surface area contributed by atoms with Crippen LogP contribution in [0.4, 0.5) is 0 Å². The number of ether oxygens (including phenoxy) is 2. The first-order chi connectivity index (χ1) is 7.20. The molecule has 1 aliphatic carbocycles. The van der Waals surface area contributed by atoms with Gasteiger partial charge in [0.25, 0.3) is 0 Å². The van der Waals surface area contributed by atoms with E-state index in [4.69, 9.17) is 9.47 Å². The highest BCUT2D eigenvalue weighted by Crippen LogP contribution is 2.34. The van der Waals surface area contributed by atoms with Gasteiger partial charge in [-0.25, -0.2) is 0 Å². The zero-order valence-corrected chi connectivity index (χ0v) is 8.95. The number of carbonyl (C=O) groups is 1. The molecule has 1 fully saturated rings. The summed E-state index contributed by atoms with van der Waals surface area (Å²) >= 11 is 0. The van der Waals surface area contributed by atoms with Crippen molar-refractivity contribution in [3.05, 3.63) is 23.8 Å². The lowest BCUT2D eigenvalue weighted by atomic mass is 10.1. The molecule has 2 rings (SSSR count). The van der Waals surface area contributed by atoms with Gasteiger partial charge < -0.3 is 9.47 Å². The van der Waals surface area contributed by atoms with Gasteiger partial charge in [0.2, 0.25) is 0 Å². The van der Waals surface area contributed by atoms with Gasteiger partial charge in [-0.2, -0.15) is 0 Å². The van der Waals surface area contributed by atoms with Crippen molar-refractivity contribution in [2.24, 2.45) is 0 Å². The van der Waals surface area contributed by atoms with E-state index in [9.17, 15) is 4.79 Å². The SMILES string of the molecule is COc1ccc(C(C)=O)cc1OC1CC1. The van der Waals surface area contributed by atoms with Gasteiger partial charge in [0.15, 0.2) is 17.3 Å². The van der Waals surface area contributed by atoms with E-state index in [1.54, 1.807) is 32.2 Å². The molecule has 0 N–H and O–H groups in total. The van der Waals surface area contributed by atoms with Crippen LogP contribution in [-0.2, 0) is 0 Å². The van der Waals surface area contributed by atoms with E-state index in [1.165, 1.54) is 0 Å². The van der Waals surface area contributed by atoms with Crippen molar-refractivity contribution >= 4 is 5.78 Å². The molecular formula is C12H14O3. The van der Waals surface area contributed by atoms with E-state index in [2.05, 4.69) is 0 Å². The Kier molecular flexibility index (Phi) is 2.62. The molecule has 1 saturated carbocycles. The Morgan fingerprint density at radius 2 is 2.07 bits per heavy atom. The van der Waals surface area contributed by atoms with Gasteiger partial charge in [-0.1, -0.05) is 0 Å². The molecule has 0 aromatic heterocycles. The summed E-state index contributed by atoms with van der Waals surface area (Å²) in [6.07, 6.45) is 2.49. The first-order valence-electron chi connectivity index (χ1n) is 5.06. The summed E-state index contributed by atoms with van der Waals surface area (Å²) in [5.41, 5.74) is 0.659. The third-order valence-corrected chi connectivity index (χ3v) is 2.39. The van der Waals surface area contributed by atoms with Gasteiger partial charge in [-0.15, -0.1) is 0 Å². The van der Waals surface area contributed by atoms with Gasteiger partial charge >= 0.3 is 0 Å². The van der Waals surface area contributed by atoms with E-state index in [-0.39, 0.29) is 5.78 Å². The normalized spacial score (nSPS) is 14.8. The summed E-state index contributed by atoms with van der Waals surface area (Å²) in [5.74, 6) is 1.40. The Labute approximate surface area is 89.0 Å². The summed E-state index contributed by atoms with van der Waals surface area (Å²) in [5, 5.41) is 0. The molecule has 0 amide bonds. The standard InChI is InChI=1S/C12H14O3/c1-8(13)9-3-6-11(14-2)12(7-9)15-10-4-5-10/h3,6-7,10H,4-5H2,1-2H3. The average Bonchev–Trinajstić information content (AvgIpc) is 3.01. The molecule has 0 heterocycles. The molecule has 3 heteroatoms. The second kappa shape index (κ2) is 3.93. The second-order valence-electron chi connectivity index (χ2n) is 3.74. The van der Waals surface area contributed by atoms with Crippen molar-refractivity contribution < 1.29 is 14.3 Å². The third-order valence-electron chi connectivity index (χ3n) is 2.39. The summed E-state index contributed by atoms with van der Waals surface area (Å²) in [7, 11) is 1.60. The number of Topliss-reactive ketones (excluding diaryl/α,β-unsaturated/α-hetero) is 1. The fourth-order valence-electron chi connectivity index (χ4n) is 1.35. The molecule has 3 nitrogen and oxygen atoms in total. The maximum atomic E-state index is 11.2. The number of methoxy groups -OCH3 is 1. The van der Waals surface area contributed by atoms with Crippen molar-refractivity contribution in [3.8, 4) is 11.5 Å². The largest absolute Gasteiger partial charge is 0.493 e. The van der Waals surface area contributed by atoms with Crippen molar-refractivity contribution in [2.75, 3.05) is 7.11 Å². The molecule has 0 saturated heterocycles. The summed E-state index contributed by atoms with van der Waals surface area (Å²) < 4.78 is 10.8. The minimum atomic E-state index is 0.0401. The van der Waals surface area contributed by atoms with E-state index in [1.807, 2.05) is 0 Å². The monoisotopic (exact) mass is 206 g/mol. The molecule has 0 bridgehead atoms. The van der Waals surface area contributed by atoms with Gasteiger partial charge in [0.1, 0.15) is 0 Å². The molecule has 0 aliphatic heterocycles. The highest BCUT2D eigenvalue weighted by Gasteiger charge is 2.25. The van der Waals surface area contributed by atoms with Crippen LogP contribution in [0.5, 0.6) is 11.5 Å². The van der Waals surface area contributed by atoms with E-state index < -0.39 is 0 Å². The van der Waals surface area contributed by atoms with Crippen LogP contribution in [0.2, 0.25) is 0 Å². The van der Waals surface area contributed by atoms with Crippen molar-refractivity contribution in [3.63, 3.8) is 0 Å². The van der Waals surface area contributed by atoms with E-state index in [0.717, 1.165) is 12.8 Å². The maximum absolute atomic E-state index is 11.2. The van der Waals surface area contributed by atoms with Gasteiger partial charge in [0.05, 0.1) is 13.2 Å². The van der Waals surface area contributed by atoms with Gasteiger partial charge in [-0.05, 0) is 38.0 Å². The summed E-state index contributed by atoms with van der Waals surface area (Å²) in [4.78, 5) is 11.2. The topological polar surface area (TPSA) is 35.5 Å². The molecular weight excluding hydrogens is 192 g/mol. The predicted octanol–water partition coefficient (Wildman–Crippen LogP) is 2.44. The number of ketones is 1. The number of hydrogen-bond acceptors (Lipinski definition) is 3. The molecule has 0 unspecified atom stereocenters. The molecule has 1 aromatic rings. The maximum Gasteiger partial charge on any atom is 0.162 e. The van der Waals surface area contributed by atoms with Crippen molar-refractivity contribution in [1.29, 1.82) is 0 Å². The number of rotatable bonds is 4. The number of carbonyl (C=O) groups excluding carboxylic acids is 1. The van der Waals surface area contributed by atoms with Crippen LogP contribution in [-0.4, -0.2) is 19.0 Å². The molecule has 0 spiro atoms. The molecule has 0 atom stereocenters. The van der Waals surface area contributed by atoms with Crippen molar-refractivity contribution in [1.82, 2.24) is 0 Å². The van der Waals surface area contributed by atoms with Crippen LogP contribution in [0.15, 0.2) is 18.2 Å². The Morgan fingerprint density at radius 1 is 1.33 bits per heavy atom. The van der Waals surface area contributed by atoms with Crippen LogP contribution in [0.25, 0.3) is 0 Å². The highest BCUT2D eigenvalue weighted by atomic mass is 16.5. The quantitative estimate of drug-likeness (QED) is 0.710. The molecule has 15 heavy (non-hydrogen) atoms. The van der Waals surface area contributed by atoms with Crippen LogP contribution < -0.4 is 9.47 Å². The van der Waals surface area contributed by atoms with Crippen LogP contribution in [0.1, 0.15) is 30.1 Å². The second-order valence-corrected chi connectivity index (χ2v) is 3.74. The summed E-state index contributed by atoms with van der Waals surface area (Å²) in [6, 6.07) is 5.27. The van der Waals surface area contributed by atoms with E-state index >= 15 is 0 Å². The molecule has 1 aliphatic rings. The smallest absolute Gasteiger partial charge is 0.162 e. The van der Waals surface area contributed by atoms with Crippen LogP contribution >= 0.6 is 0 Å². The predicted molar refractivity (Wildman–Crippen MR) is 56.6 cm³/mol. The van der Waals surface area contributed by atoms with Gasteiger partial charge in [-0.3, -0.25) is 4.79 Å². The lowest BCUT2D eigenvalue weighted by Crippen LogP contribution is -2.01. The first kappa shape index (κ1) is 10.0. The zero-order valence-electron chi connectivity index (χ0n) is 8.95. The fraction of sp³-hybridized carbons (Fsp3) is 0.417. The lowest BCUT2D eigenvalue weighted by molar-refractivity contribution is 0.101. The highest BCUT2D eigenvalue weighted by molar-refractivity contribution is 5.94. The van der Waals surface area contributed by atoms with Crippen molar-refractivity contribution in [2.45, 2.75) is 25.9 Å². The fourth-order valence-corrected chi connectivity index (χ4v) is 1.35. The number of benzene rings is 1. The van der Waals surface area contributed by atoms with E-state index in [0.29, 0.717) is 23.2 Å². The Hall–Kier alpha value is -1.51. The minimum Gasteiger partial charge on any atom is -0.493 e. The van der Waals surface area contributed by atoms with Crippen LogP contribution in [0, 0.1) is 0 Å². The molecule has 1 aromatic carbocycles. The first-order valence-corrected chi connectivity index (χ1v) is 5.06. The summed E-state index contributed by atoms with van der Waals surface area (Å²) in [6.45, 7) is 1.54. The zero-order chi connectivity index (χ0) is 10.8. The Balaban J connectivity index is 2.28. The molecule has 0 radical (unpaired) electrons. The molecule has 80 valence electrons.